The minimum absolute atomic E-state index is 0.0863. The van der Waals surface area contributed by atoms with E-state index in [1.54, 1.807) is 33.4 Å². The molecule has 0 bridgehead atoms. The summed E-state index contributed by atoms with van der Waals surface area (Å²) in [6.07, 6.45) is 0.788. The Balaban J connectivity index is 1.96. The quantitative estimate of drug-likeness (QED) is 0.557. The lowest BCUT2D eigenvalue weighted by Gasteiger charge is -2.27. The van der Waals surface area contributed by atoms with Crippen LogP contribution in [0.1, 0.15) is 50.8 Å². The number of amides is 2. The molecule has 0 fully saturated rings. The van der Waals surface area contributed by atoms with Crippen molar-refractivity contribution in [2.24, 2.45) is 10.5 Å². The van der Waals surface area contributed by atoms with Gasteiger partial charge < -0.3 is 14.4 Å². The third-order valence-electron chi connectivity index (χ3n) is 5.63. The molecule has 8 heteroatoms. The van der Waals surface area contributed by atoms with Crippen molar-refractivity contribution in [1.29, 1.82) is 0 Å². The van der Waals surface area contributed by atoms with Gasteiger partial charge in [-0.15, -0.1) is 0 Å². The van der Waals surface area contributed by atoms with Gasteiger partial charge in [0.15, 0.2) is 0 Å². The zero-order valence-corrected chi connectivity index (χ0v) is 21.3. The van der Waals surface area contributed by atoms with Gasteiger partial charge in [-0.05, 0) is 29.7 Å². The average molecular weight is 486 g/mol. The summed E-state index contributed by atoms with van der Waals surface area (Å²) in [5, 5.41) is 6.68. The largest absolute Gasteiger partial charge is 0.497 e. The van der Waals surface area contributed by atoms with Crippen molar-refractivity contribution < 1.29 is 19.1 Å². The molecule has 3 rings (SSSR count). The Morgan fingerprint density at radius 2 is 1.85 bits per heavy atom. The summed E-state index contributed by atoms with van der Waals surface area (Å²) in [5.41, 5.74) is 2.05. The number of methoxy groups -OCH3 is 2. The lowest BCUT2D eigenvalue weighted by atomic mass is 9.92. The fraction of sp³-hybridized carbons (Fsp3) is 0.423. The number of carbonyl (C=O) groups is 2. The van der Waals surface area contributed by atoms with Crippen molar-refractivity contribution >= 4 is 29.1 Å². The van der Waals surface area contributed by atoms with E-state index in [0.717, 1.165) is 11.1 Å². The van der Waals surface area contributed by atoms with Crippen LogP contribution < -0.4 is 9.47 Å². The van der Waals surface area contributed by atoms with Crippen LogP contribution in [0.2, 0.25) is 5.02 Å². The zero-order valence-electron chi connectivity index (χ0n) is 20.6. The summed E-state index contributed by atoms with van der Waals surface area (Å²) in [7, 11) is 4.81. The van der Waals surface area contributed by atoms with E-state index >= 15 is 0 Å². The Morgan fingerprint density at radius 1 is 1.15 bits per heavy atom. The third kappa shape index (κ3) is 5.89. The van der Waals surface area contributed by atoms with Crippen LogP contribution in [0.3, 0.4) is 0 Å². The molecule has 34 heavy (non-hydrogen) atoms. The van der Waals surface area contributed by atoms with Gasteiger partial charge in [0, 0.05) is 36.0 Å². The highest BCUT2D eigenvalue weighted by molar-refractivity contribution is 6.34. The predicted octanol–water partition coefficient (Wildman–Crippen LogP) is 4.93. The number of likely N-dealkylation sites (N-methyl/N-ethyl adjacent to an activating group) is 1. The summed E-state index contributed by atoms with van der Waals surface area (Å²) in [6, 6.07) is 12.4. The molecule has 0 N–H and O–H groups in total. The number of rotatable bonds is 7. The number of benzene rings is 2. The lowest BCUT2D eigenvalue weighted by molar-refractivity contribution is -0.141. The molecule has 0 aliphatic carbocycles. The summed E-state index contributed by atoms with van der Waals surface area (Å²) in [4.78, 5) is 27.5. The molecule has 1 atom stereocenters. The van der Waals surface area contributed by atoms with E-state index in [0.29, 0.717) is 35.1 Å². The highest BCUT2D eigenvalue weighted by Crippen LogP contribution is 2.40. The maximum atomic E-state index is 13.4. The molecule has 2 aromatic carbocycles. The second kappa shape index (κ2) is 10.5. The van der Waals surface area contributed by atoms with Crippen molar-refractivity contribution in [3.63, 3.8) is 0 Å². The molecule has 2 aromatic rings. The number of hydrogen-bond acceptors (Lipinski definition) is 5. The van der Waals surface area contributed by atoms with Crippen molar-refractivity contribution in [3.05, 3.63) is 58.6 Å². The Bertz CT molecular complexity index is 1090. The van der Waals surface area contributed by atoms with E-state index in [1.807, 2.05) is 51.1 Å². The standard InChI is InChI=1S/C26H32ClN3O4/c1-26(2,3)15-24(31)29(4)16-25(32)30-22(19-13-17(33-5)11-12-23(19)34-6)14-21(28-30)18-9-7-8-10-20(18)27/h7-13,22H,14-16H2,1-6H3/t22-/m1/s1. The van der Waals surface area contributed by atoms with Crippen LogP contribution in [0.15, 0.2) is 47.6 Å². The predicted molar refractivity (Wildman–Crippen MR) is 133 cm³/mol. The van der Waals surface area contributed by atoms with Crippen LogP contribution >= 0.6 is 11.6 Å². The first kappa shape index (κ1) is 25.6. The molecular weight excluding hydrogens is 454 g/mol. The molecule has 0 aromatic heterocycles. The Kier molecular flexibility index (Phi) is 7.87. The molecule has 0 saturated carbocycles. The molecule has 182 valence electrons. The van der Waals surface area contributed by atoms with Gasteiger partial charge in [0.2, 0.25) is 5.91 Å². The molecule has 1 aliphatic heterocycles. The van der Waals surface area contributed by atoms with E-state index in [2.05, 4.69) is 5.10 Å². The van der Waals surface area contributed by atoms with Crippen LogP contribution in [-0.2, 0) is 9.59 Å². The Labute approximate surface area is 206 Å². The SMILES string of the molecule is COc1ccc(OC)c([C@H]2CC(c3ccccc3Cl)=NN2C(=O)CN(C)C(=O)CC(C)(C)C)c1. The number of hydrazone groups is 1. The summed E-state index contributed by atoms with van der Waals surface area (Å²) >= 11 is 6.44. The number of hydrogen-bond donors (Lipinski definition) is 0. The Hall–Kier alpha value is -3.06. The first-order chi connectivity index (χ1) is 16.0. The van der Waals surface area contributed by atoms with Crippen LogP contribution in [0.4, 0.5) is 0 Å². The first-order valence-electron chi connectivity index (χ1n) is 11.1. The summed E-state index contributed by atoms with van der Waals surface area (Å²) < 4.78 is 11.0. The molecule has 1 aliphatic rings. The maximum Gasteiger partial charge on any atom is 0.262 e. The second-order valence-electron chi connectivity index (χ2n) is 9.58. The third-order valence-corrected chi connectivity index (χ3v) is 5.96. The maximum absolute atomic E-state index is 13.4. The minimum atomic E-state index is -0.435. The normalized spacial score (nSPS) is 15.7. The zero-order chi connectivity index (χ0) is 25.0. The molecule has 2 amide bonds. The van der Waals surface area contributed by atoms with Gasteiger partial charge in [0.1, 0.15) is 18.0 Å². The van der Waals surface area contributed by atoms with Gasteiger partial charge in [-0.3, -0.25) is 9.59 Å². The average Bonchev–Trinajstić information content (AvgIpc) is 3.23. The van der Waals surface area contributed by atoms with Crippen LogP contribution in [0.25, 0.3) is 0 Å². The minimum Gasteiger partial charge on any atom is -0.497 e. The first-order valence-corrected chi connectivity index (χ1v) is 11.5. The second-order valence-corrected chi connectivity index (χ2v) is 9.99. The van der Waals surface area contributed by atoms with Gasteiger partial charge in [-0.25, -0.2) is 5.01 Å². The highest BCUT2D eigenvalue weighted by atomic mass is 35.5. The van der Waals surface area contributed by atoms with E-state index < -0.39 is 6.04 Å². The van der Waals surface area contributed by atoms with Crippen LogP contribution in [0, 0.1) is 5.41 Å². The molecule has 0 unspecified atom stereocenters. The monoisotopic (exact) mass is 485 g/mol. The lowest BCUT2D eigenvalue weighted by Crippen LogP contribution is -2.40. The van der Waals surface area contributed by atoms with E-state index in [1.165, 1.54) is 9.91 Å². The molecule has 7 nitrogen and oxygen atoms in total. The summed E-state index contributed by atoms with van der Waals surface area (Å²) in [6.45, 7) is 5.89. The number of ether oxygens (including phenoxy) is 2. The van der Waals surface area contributed by atoms with Crippen LogP contribution in [0.5, 0.6) is 11.5 Å². The number of carbonyl (C=O) groups excluding carboxylic acids is 2. The number of nitrogens with zero attached hydrogens (tertiary/aromatic N) is 3. The van der Waals surface area contributed by atoms with Gasteiger partial charge in [-0.2, -0.15) is 5.10 Å². The fourth-order valence-corrected chi connectivity index (χ4v) is 4.14. The van der Waals surface area contributed by atoms with E-state index in [4.69, 9.17) is 21.1 Å². The topological polar surface area (TPSA) is 71.4 Å². The Morgan fingerprint density at radius 3 is 2.47 bits per heavy atom. The highest BCUT2D eigenvalue weighted by Gasteiger charge is 2.36. The van der Waals surface area contributed by atoms with Crippen LogP contribution in [-0.4, -0.2) is 55.2 Å². The smallest absolute Gasteiger partial charge is 0.262 e. The number of halogens is 1. The fourth-order valence-electron chi connectivity index (χ4n) is 3.89. The molecule has 1 heterocycles. The van der Waals surface area contributed by atoms with Crippen molar-refractivity contribution in [2.75, 3.05) is 27.8 Å². The van der Waals surface area contributed by atoms with Crippen molar-refractivity contribution in [1.82, 2.24) is 9.91 Å². The van der Waals surface area contributed by atoms with Crippen molar-refractivity contribution in [2.45, 2.75) is 39.7 Å². The summed E-state index contributed by atoms with van der Waals surface area (Å²) in [5.74, 6) is 0.885. The molecule has 0 saturated heterocycles. The van der Waals surface area contributed by atoms with Crippen molar-refractivity contribution in [3.8, 4) is 11.5 Å². The van der Waals surface area contributed by atoms with Gasteiger partial charge >= 0.3 is 0 Å². The van der Waals surface area contributed by atoms with E-state index in [9.17, 15) is 9.59 Å². The van der Waals surface area contributed by atoms with Gasteiger partial charge in [-0.1, -0.05) is 50.6 Å². The molecular formula is C26H32ClN3O4. The molecule has 0 radical (unpaired) electrons. The van der Waals surface area contributed by atoms with E-state index in [-0.39, 0.29) is 23.8 Å². The van der Waals surface area contributed by atoms with Gasteiger partial charge in [0.05, 0.1) is 26.0 Å². The molecule has 0 spiro atoms. The van der Waals surface area contributed by atoms with Gasteiger partial charge in [0.25, 0.3) is 5.91 Å².